The van der Waals surface area contributed by atoms with Crippen LogP contribution < -0.4 is 5.32 Å². The van der Waals surface area contributed by atoms with Crippen LogP contribution in [-0.4, -0.2) is 17.9 Å². The number of hydrogen-bond donors (Lipinski definition) is 1. The molecule has 0 fully saturated rings. The van der Waals surface area contributed by atoms with Crippen LogP contribution in [0.4, 0.5) is 0 Å². The SMILES string of the molecule is CSCCC(=O)NCc1ccc(Br)cc1Cl. The molecule has 0 aliphatic rings. The lowest BCUT2D eigenvalue weighted by molar-refractivity contribution is -0.120. The van der Waals surface area contributed by atoms with Crippen molar-refractivity contribution in [3.63, 3.8) is 0 Å². The highest BCUT2D eigenvalue weighted by atomic mass is 79.9. The summed E-state index contributed by atoms with van der Waals surface area (Å²) in [6.07, 6.45) is 2.54. The number of rotatable bonds is 5. The van der Waals surface area contributed by atoms with Crippen molar-refractivity contribution in [1.82, 2.24) is 5.32 Å². The lowest BCUT2D eigenvalue weighted by Gasteiger charge is -2.06. The van der Waals surface area contributed by atoms with Crippen LogP contribution in [0.2, 0.25) is 5.02 Å². The summed E-state index contributed by atoms with van der Waals surface area (Å²) in [4.78, 5) is 11.4. The Morgan fingerprint density at radius 3 is 2.94 bits per heavy atom. The van der Waals surface area contributed by atoms with Gasteiger partial charge in [-0.1, -0.05) is 33.6 Å². The monoisotopic (exact) mass is 321 g/mol. The van der Waals surface area contributed by atoms with Crippen molar-refractivity contribution in [3.05, 3.63) is 33.3 Å². The van der Waals surface area contributed by atoms with Crippen molar-refractivity contribution < 1.29 is 4.79 Å². The first-order chi connectivity index (χ1) is 7.63. The van der Waals surface area contributed by atoms with Gasteiger partial charge in [0.2, 0.25) is 5.91 Å². The maximum absolute atomic E-state index is 11.4. The lowest BCUT2D eigenvalue weighted by atomic mass is 10.2. The average molecular weight is 323 g/mol. The van der Waals surface area contributed by atoms with Crippen LogP contribution in [-0.2, 0) is 11.3 Å². The van der Waals surface area contributed by atoms with E-state index in [1.54, 1.807) is 11.8 Å². The fourth-order valence-electron chi connectivity index (χ4n) is 1.14. The highest BCUT2D eigenvalue weighted by Gasteiger charge is 2.04. The zero-order valence-corrected chi connectivity index (χ0v) is 12.1. The van der Waals surface area contributed by atoms with Gasteiger partial charge in [-0.05, 0) is 24.0 Å². The topological polar surface area (TPSA) is 29.1 Å². The van der Waals surface area contributed by atoms with Gasteiger partial charge in [0, 0.05) is 28.2 Å². The predicted molar refractivity (Wildman–Crippen MR) is 74.0 cm³/mol. The summed E-state index contributed by atoms with van der Waals surface area (Å²) in [5.74, 6) is 0.910. The third-order valence-corrected chi connectivity index (χ3v) is 3.48. The van der Waals surface area contributed by atoms with Crippen LogP contribution in [0.5, 0.6) is 0 Å². The average Bonchev–Trinajstić information content (AvgIpc) is 2.25. The summed E-state index contributed by atoms with van der Waals surface area (Å²) >= 11 is 11.0. The minimum atomic E-state index is 0.0633. The maximum atomic E-state index is 11.4. The van der Waals surface area contributed by atoms with Crippen LogP contribution in [0, 0.1) is 0 Å². The Morgan fingerprint density at radius 1 is 1.56 bits per heavy atom. The minimum absolute atomic E-state index is 0.0633. The number of carbonyl (C=O) groups is 1. The molecule has 0 radical (unpaired) electrons. The number of hydrogen-bond acceptors (Lipinski definition) is 2. The molecule has 0 saturated heterocycles. The molecule has 0 heterocycles. The molecule has 0 aliphatic heterocycles. The molecular formula is C11H13BrClNOS. The number of thioether (sulfide) groups is 1. The van der Waals surface area contributed by atoms with E-state index in [9.17, 15) is 4.79 Å². The predicted octanol–water partition coefficient (Wildman–Crippen LogP) is 3.47. The van der Waals surface area contributed by atoms with Gasteiger partial charge in [0.1, 0.15) is 0 Å². The quantitative estimate of drug-likeness (QED) is 0.899. The number of amides is 1. The highest BCUT2D eigenvalue weighted by molar-refractivity contribution is 9.10. The second-order valence-corrected chi connectivity index (χ2v) is 5.56. The Hall–Kier alpha value is -0.190. The van der Waals surface area contributed by atoms with Gasteiger partial charge in [-0.2, -0.15) is 11.8 Å². The highest BCUT2D eigenvalue weighted by Crippen LogP contribution is 2.21. The first kappa shape index (κ1) is 13.9. The standard InChI is InChI=1S/C11H13BrClNOS/c1-16-5-4-11(15)14-7-8-2-3-9(12)6-10(8)13/h2-3,6H,4-5,7H2,1H3,(H,14,15). The molecule has 0 saturated carbocycles. The fraction of sp³-hybridized carbons (Fsp3) is 0.364. The fourth-order valence-corrected chi connectivity index (χ4v) is 2.27. The van der Waals surface area contributed by atoms with E-state index in [0.717, 1.165) is 15.8 Å². The molecule has 88 valence electrons. The number of carbonyl (C=O) groups excluding carboxylic acids is 1. The van der Waals surface area contributed by atoms with Gasteiger partial charge >= 0.3 is 0 Å². The lowest BCUT2D eigenvalue weighted by Crippen LogP contribution is -2.23. The van der Waals surface area contributed by atoms with Crippen LogP contribution >= 0.6 is 39.3 Å². The summed E-state index contributed by atoms with van der Waals surface area (Å²) < 4.78 is 0.940. The summed E-state index contributed by atoms with van der Waals surface area (Å²) in [6, 6.07) is 5.64. The zero-order valence-electron chi connectivity index (χ0n) is 8.93. The number of benzene rings is 1. The summed E-state index contributed by atoms with van der Waals surface area (Å²) in [7, 11) is 0. The molecular weight excluding hydrogens is 310 g/mol. The third-order valence-electron chi connectivity index (χ3n) is 2.02. The second kappa shape index (κ2) is 7.20. The molecule has 5 heteroatoms. The summed E-state index contributed by atoms with van der Waals surface area (Å²) in [5.41, 5.74) is 0.933. The normalized spacial score (nSPS) is 10.2. The Kier molecular flexibility index (Phi) is 6.24. The zero-order chi connectivity index (χ0) is 12.0. The second-order valence-electron chi connectivity index (χ2n) is 3.26. The molecule has 1 amide bonds. The minimum Gasteiger partial charge on any atom is -0.352 e. The summed E-state index contributed by atoms with van der Waals surface area (Å²) in [6.45, 7) is 0.485. The van der Waals surface area contributed by atoms with Crippen LogP contribution in [0.25, 0.3) is 0 Å². The largest absolute Gasteiger partial charge is 0.352 e. The van der Waals surface area contributed by atoms with Crippen molar-refractivity contribution in [1.29, 1.82) is 0 Å². The number of nitrogens with one attached hydrogen (secondary N) is 1. The molecule has 1 aromatic carbocycles. The van der Waals surface area contributed by atoms with E-state index in [-0.39, 0.29) is 5.91 Å². The van der Waals surface area contributed by atoms with E-state index in [1.807, 2.05) is 24.5 Å². The molecule has 1 N–H and O–H groups in total. The van der Waals surface area contributed by atoms with Gasteiger partial charge < -0.3 is 5.32 Å². The van der Waals surface area contributed by atoms with Gasteiger partial charge in [0.15, 0.2) is 0 Å². The van der Waals surface area contributed by atoms with E-state index in [0.29, 0.717) is 18.0 Å². The maximum Gasteiger partial charge on any atom is 0.221 e. The van der Waals surface area contributed by atoms with Crippen molar-refractivity contribution in [2.45, 2.75) is 13.0 Å². The van der Waals surface area contributed by atoms with Crippen molar-refractivity contribution >= 4 is 45.2 Å². The van der Waals surface area contributed by atoms with Crippen molar-refractivity contribution in [3.8, 4) is 0 Å². The van der Waals surface area contributed by atoms with E-state index in [4.69, 9.17) is 11.6 Å². The molecule has 0 aliphatic carbocycles. The van der Waals surface area contributed by atoms with Crippen LogP contribution in [0.15, 0.2) is 22.7 Å². The van der Waals surface area contributed by atoms with Gasteiger partial charge in [-0.15, -0.1) is 0 Å². The molecule has 1 rings (SSSR count). The van der Waals surface area contributed by atoms with E-state index < -0.39 is 0 Å². The smallest absolute Gasteiger partial charge is 0.221 e. The Morgan fingerprint density at radius 2 is 2.31 bits per heavy atom. The summed E-state index contributed by atoms with van der Waals surface area (Å²) in [5, 5.41) is 3.51. The molecule has 16 heavy (non-hydrogen) atoms. The van der Waals surface area contributed by atoms with Crippen LogP contribution in [0.1, 0.15) is 12.0 Å². The van der Waals surface area contributed by atoms with E-state index in [1.165, 1.54) is 0 Å². The van der Waals surface area contributed by atoms with Crippen LogP contribution in [0.3, 0.4) is 0 Å². The van der Waals surface area contributed by atoms with Gasteiger partial charge in [-0.3, -0.25) is 4.79 Å². The molecule has 1 aromatic rings. The molecule has 0 unspecified atom stereocenters. The van der Waals surface area contributed by atoms with Gasteiger partial charge in [-0.25, -0.2) is 0 Å². The molecule has 2 nitrogen and oxygen atoms in total. The number of halogens is 2. The van der Waals surface area contributed by atoms with E-state index in [2.05, 4.69) is 21.2 Å². The Bertz CT molecular complexity index is 373. The molecule has 0 spiro atoms. The molecule has 0 atom stereocenters. The van der Waals surface area contributed by atoms with E-state index >= 15 is 0 Å². The van der Waals surface area contributed by atoms with Gasteiger partial charge in [0.05, 0.1) is 0 Å². The Labute approximate surface area is 113 Å². The van der Waals surface area contributed by atoms with Crippen molar-refractivity contribution in [2.75, 3.05) is 12.0 Å². The Balaban J connectivity index is 2.45. The first-order valence-electron chi connectivity index (χ1n) is 4.83. The molecule has 0 bridgehead atoms. The molecule has 0 aromatic heterocycles. The third kappa shape index (κ3) is 4.76. The van der Waals surface area contributed by atoms with Crippen molar-refractivity contribution in [2.24, 2.45) is 0 Å². The van der Waals surface area contributed by atoms with Gasteiger partial charge in [0.25, 0.3) is 0 Å². The first-order valence-corrected chi connectivity index (χ1v) is 7.39.